The van der Waals surface area contributed by atoms with Gasteiger partial charge in [-0.2, -0.15) is 0 Å². The van der Waals surface area contributed by atoms with Gasteiger partial charge < -0.3 is 4.74 Å². The second-order valence-electron chi connectivity index (χ2n) is 7.40. The topological polar surface area (TPSA) is 26.3 Å². The fourth-order valence-corrected chi connectivity index (χ4v) is 3.15. The Hall–Kier alpha value is -3.30. The molecule has 3 rings (SSSR count). The largest absolute Gasteiger partial charge is 0.377 e. The van der Waals surface area contributed by atoms with Crippen LogP contribution in [0.1, 0.15) is 45.5 Å². The molecule has 3 aromatic carbocycles. The Morgan fingerprint density at radius 3 is 2.16 bits per heavy atom. The summed E-state index contributed by atoms with van der Waals surface area (Å²) in [6, 6.07) is 22.0. The lowest BCUT2D eigenvalue weighted by atomic mass is 10.0. The van der Waals surface area contributed by atoms with Crippen LogP contribution < -0.4 is 0 Å². The maximum Gasteiger partial charge on any atom is 0.185 e. The van der Waals surface area contributed by atoms with Gasteiger partial charge in [-0.25, -0.2) is 4.39 Å². The molecule has 0 radical (unpaired) electrons. The molecule has 0 saturated heterocycles. The van der Waals surface area contributed by atoms with Crippen molar-refractivity contribution in [3.05, 3.63) is 119 Å². The van der Waals surface area contributed by atoms with Gasteiger partial charge in [-0.1, -0.05) is 67.3 Å². The lowest BCUT2D eigenvalue weighted by molar-refractivity contribution is 0.104. The standard InChI is InChI=1S/C28H27FO2/c1-2-22-6-12-25(13-7-22)21-31-20-4-3-5-23-8-10-24(11-9-23)14-19-28(30)26-15-17-27(29)18-16-26/h2,6-19H,1,3-5,20-21H2/b19-14+. The average molecular weight is 415 g/mol. The zero-order valence-electron chi connectivity index (χ0n) is 17.6. The summed E-state index contributed by atoms with van der Waals surface area (Å²) in [5.74, 6) is -0.484. The quantitative estimate of drug-likeness (QED) is 0.194. The first-order valence-electron chi connectivity index (χ1n) is 10.5. The van der Waals surface area contributed by atoms with E-state index in [1.54, 1.807) is 6.08 Å². The zero-order valence-corrected chi connectivity index (χ0v) is 17.6. The highest BCUT2D eigenvalue weighted by atomic mass is 19.1. The number of carbonyl (C=O) groups excluding carboxylic acids is 1. The van der Waals surface area contributed by atoms with E-state index in [0.717, 1.165) is 37.0 Å². The second kappa shape index (κ2) is 11.8. The van der Waals surface area contributed by atoms with Gasteiger partial charge in [-0.05, 0) is 71.9 Å². The number of unbranched alkanes of at least 4 members (excludes halogenated alkanes) is 1. The third-order valence-corrected chi connectivity index (χ3v) is 5.02. The van der Waals surface area contributed by atoms with Gasteiger partial charge in [0.15, 0.2) is 5.78 Å². The molecule has 0 aliphatic carbocycles. The Kier molecular flexibility index (Phi) is 8.50. The van der Waals surface area contributed by atoms with E-state index in [-0.39, 0.29) is 11.6 Å². The van der Waals surface area contributed by atoms with Gasteiger partial charge in [0.05, 0.1) is 6.61 Å². The summed E-state index contributed by atoms with van der Waals surface area (Å²) in [5.41, 5.74) is 4.99. The molecule has 0 atom stereocenters. The Labute approximate surface area is 183 Å². The van der Waals surface area contributed by atoms with Crippen LogP contribution in [0.25, 0.3) is 12.2 Å². The molecule has 0 unspecified atom stereocenters. The molecule has 0 aliphatic rings. The first-order valence-corrected chi connectivity index (χ1v) is 10.5. The number of hydrogen-bond acceptors (Lipinski definition) is 2. The smallest absolute Gasteiger partial charge is 0.185 e. The normalized spacial score (nSPS) is 11.0. The van der Waals surface area contributed by atoms with E-state index in [0.29, 0.717) is 12.2 Å². The number of ketones is 1. The fraction of sp³-hybridized carbons (Fsp3) is 0.179. The molecule has 0 spiro atoms. The molecule has 0 saturated carbocycles. The van der Waals surface area contributed by atoms with E-state index < -0.39 is 0 Å². The van der Waals surface area contributed by atoms with Crippen LogP contribution in [0.4, 0.5) is 4.39 Å². The van der Waals surface area contributed by atoms with Crippen LogP contribution in [0.2, 0.25) is 0 Å². The van der Waals surface area contributed by atoms with E-state index in [1.807, 2.05) is 30.3 Å². The second-order valence-corrected chi connectivity index (χ2v) is 7.40. The van der Waals surface area contributed by atoms with Crippen molar-refractivity contribution >= 4 is 17.9 Å². The summed E-state index contributed by atoms with van der Waals surface area (Å²) in [6.45, 7) is 5.14. The first-order chi connectivity index (χ1) is 15.1. The van der Waals surface area contributed by atoms with Crippen molar-refractivity contribution in [1.82, 2.24) is 0 Å². The summed E-state index contributed by atoms with van der Waals surface area (Å²) in [6.07, 6.45) is 8.21. The van der Waals surface area contributed by atoms with Crippen LogP contribution in [0.5, 0.6) is 0 Å². The van der Waals surface area contributed by atoms with Gasteiger partial charge in [0.1, 0.15) is 5.82 Å². The number of rotatable bonds is 11. The van der Waals surface area contributed by atoms with Gasteiger partial charge in [0.2, 0.25) is 0 Å². The third-order valence-electron chi connectivity index (χ3n) is 5.02. The van der Waals surface area contributed by atoms with Gasteiger partial charge in [-0.3, -0.25) is 4.79 Å². The first kappa shape index (κ1) is 22.4. The Morgan fingerprint density at radius 2 is 1.48 bits per heavy atom. The van der Waals surface area contributed by atoms with Crippen molar-refractivity contribution in [2.75, 3.05) is 6.61 Å². The molecule has 0 aromatic heterocycles. The van der Waals surface area contributed by atoms with Crippen LogP contribution in [-0.4, -0.2) is 12.4 Å². The summed E-state index contributed by atoms with van der Waals surface area (Å²) >= 11 is 0. The highest BCUT2D eigenvalue weighted by Gasteiger charge is 2.02. The van der Waals surface area contributed by atoms with Gasteiger partial charge in [0, 0.05) is 12.2 Å². The number of benzene rings is 3. The van der Waals surface area contributed by atoms with Gasteiger partial charge in [-0.15, -0.1) is 0 Å². The van der Waals surface area contributed by atoms with Crippen molar-refractivity contribution in [3.63, 3.8) is 0 Å². The molecular formula is C28H27FO2. The molecule has 0 heterocycles. The molecule has 0 bridgehead atoms. The van der Waals surface area contributed by atoms with Crippen molar-refractivity contribution < 1.29 is 13.9 Å². The van der Waals surface area contributed by atoms with Gasteiger partial charge in [0.25, 0.3) is 0 Å². The number of allylic oxidation sites excluding steroid dienone is 1. The SMILES string of the molecule is C=Cc1ccc(COCCCCc2ccc(/C=C/C(=O)c3ccc(F)cc3)cc2)cc1. The number of carbonyl (C=O) groups is 1. The summed E-state index contributed by atoms with van der Waals surface area (Å²) in [7, 11) is 0. The molecule has 3 aromatic rings. The lowest BCUT2D eigenvalue weighted by Gasteiger charge is -2.06. The van der Waals surface area contributed by atoms with Crippen molar-refractivity contribution in [3.8, 4) is 0 Å². The Morgan fingerprint density at radius 1 is 0.839 bits per heavy atom. The van der Waals surface area contributed by atoms with E-state index in [1.165, 1.54) is 41.5 Å². The molecule has 0 aliphatic heterocycles. The minimum Gasteiger partial charge on any atom is -0.377 e. The Bertz CT molecular complexity index is 1000. The van der Waals surface area contributed by atoms with E-state index in [2.05, 4.69) is 30.8 Å². The number of halogens is 1. The van der Waals surface area contributed by atoms with Gasteiger partial charge >= 0.3 is 0 Å². The minimum absolute atomic E-state index is 0.138. The van der Waals surface area contributed by atoms with E-state index in [9.17, 15) is 9.18 Å². The average Bonchev–Trinajstić information content (AvgIpc) is 2.81. The summed E-state index contributed by atoms with van der Waals surface area (Å²) < 4.78 is 18.7. The molecule has 2 nitrogen and oxygen atoms in total. The highest BCUT2D eigenvalue weighted by Crippen LogP contribution is 2.12. The monoisotopic (exact) mass is 414 g/mol. The predicted octanol–water partition coefficient (Wildman–Crippen LogP) is 6.90. The minimum atomic E-state index is -0.346. The number of aryl methyl sites for hydroxylation is 1. The predicted molar refractivity (Wildman–Crippen MR) is 125 cm³/mol. The number of hydrogen-bond donors (Lipinski definition) is 0. The van der Waals surface area contributed by atoms with Crippen LogP contribution in [0.3, 0.4) is 0 Å². The molecule has 31 heavy (non-hydrogen) atoms. The van der Waals surface area contributed by atoms with E-state index >= 15 is 0 Å². The maximum atomic E-state index is 12.9. The van der Waals surface area contributed by atoms with Crippen molar-refractivity contribution in [2.24, 2.45) is 0 Å². The molecule has 3 heteroatoms. The molecule has 158 valence electrons. The molecule has 0 fully saturated rings. The molecule has 0 N–H and O–H groups in total. The van der Waals surface area contributed by atoms with Crippen molar-refractivity contribution in [1.29, 1.82) is 0 Å². The zero-order chi connectivity index (χ0) is 21.9. The summed E-state index contributed by atoms with van der Waals surface area (Å²) in [4.78, 5) is 12.1. The van der Waals surface area contributed by atoms with E-state index in [4.69, 9.17) is 4.74 Å². The molecular weight excluding hydrogens is 387 g/mol. The molecule has 0 amide bonds. The van der Waals surface area contributed by atoms with Crippen LogP contribution >= 0.6 is 0 Å². The highest BCUT2D eigenvalue weighted by molar-refractivity contribution is 6.06. The summed E-state index contributed by atoms with van der Waals surface area (Å²) in [5, 5.41) is 0. The lowest BCUT2D eigenvalue weighted by Crippen LogP contribution is -1.97. The third kappa shape index (κ3) is 7.47. The van der Waals surface area contributed by atoms with Crippen LogP contribution in [0.15, 0.2) is 85.5 Å². The van der Waals surface area contributed by atoms with Crippen LogP contribution in [-0.2, 0) is 17.8 Å². The van der Waals surface area contributed by atoms with Crippen molar-refractivity contribution in [2.45, 2.75) is 25.9 Å². The fourth-order valence-electron chi connectivity index (χ4n) is 3.15. The Balaban J connectivity index is 1.35. The maximum absolute atomic E-state index is 12.9. The van der Waals surface area contributed by atoms with Crippen LogP contribution in [0, 0.1) is 5.82 Å². The number of ether oxygens (including phenoxy) is 1.